The van der Waals surface area contributed by atoms with Crippen LogP contribution in [0.15, 0.2) is 10.6 Å². The number of aromatic nitrogens is 1. The maximum atomic E-state index is 12.4. The number of hydrogen-bond donors (Lipinski definition) is 1. The van der Waals surface area contributed by atoms with Gasteiger partial charge >= 0.3 is 6.18 Å². The zero-order valence-corrected chi connectivity index (χ0v) is 10.1. The molecule has 108 valence electrons. The van der Waals surface area contributed by atoms with Crippen molar-refractivity contribution < 1.29 is 27.3 Å². The molecule has 9 heteroatoms. The molecule has 1 aromatic heterocycles. The number of rotatable bonds is 2. The minimum Gasteiger partial charge on any atom is -0.368 e. The summed E-state index contributed by atoms with van der Waals surface area (Å²) in [5.41, 5.74) is 3.93. The van der Waals surface area contributed by atoms with Crippen molar-refractivity contribution in [2.45, 2.75) is 31.1 Å². The minimum absolute atomic E-state index is 0.139. The first-order valence-corrected chi connectivity index (χ1v) is 5.95. The Kier molecular flexibility index (Phi) is 2.57. The van der Waals surface area contributed by atoms with Crippen molar-refractivity contribution in [1.29, 1.82) is 0 Å². The smallest absolute Gasteiger partial charge is 0.368 e. The lowest BCUT2D eigenvalue weighted by Gasteiger charge is -2.23. The van der Waals surface area contributed by atoms with Gasteiger partial charge in [0.15, 0.2) is 5.69 Å². The second-order valence-corrected chi connectivity index (χ2v) is 5.00. The van der Waals surface area contributed by atoms with Crippen LogP contribution in [0.2, 0.25) is 0 Å². The topological polar surface area (TPSA) is 89.4 Å². The standard InChI is InChI=1S/C11H10F3N3O3/c12-11(13,14)8-3-7(20-16-8)10(19)17-5-1-4(5)2-6(17)9(15)18/h3-6H,1-2H2,(H2,15,18). The zero-order valence-electron chi connectivity index (χ0n) is 10.1. The molecule has 3 unspecified atom stereocenters. The highest BCUT2D eigenvalue weighted by molar-refractivity contribution is 5.96. The maximum absolute atomic E-state index is 12.4. The first-order valence-electron chi connectivity index (χ1n) is 5.95. The van der Waals surface area contributed by atoms with Crippen molar-refractivity contribution >= 4 is 11.8 Å². The Morgan fingerprint density at radius 2 is 2.10 bits per heavy atom. The van der Waals surface area contributed by atoms with E-state index in [-0.39, 0.29) is 12.0 Å². The molecule has 3 atom stereocenters. The van der Waals surface area contributed by atoms with Crippen LogP contribution < -0.4 is 5.73 Å². The number of piperidine rings is 1. The summed E-state index contributed by atoms with van der Waals surface area (Å²) in [5.74, 6) is -1.78. The van der Waals surface area contributed by atoms with Gasteiger partial charge in [-0.15, -0.1) is 0 Å². The molecule has 2 amide bonds. The van der Waals surface area contributed by atoms with E-state index in [0.717, 1.165) is 6.42 Å². The number of fused-ring (bicyclic) bond motifs is 1. The van der Waals surface area contributed by atoms with Gasteiger partial charge in [0.05, 0.1) is 0 Å². The number of carbonyl (C=O) groups excluding carboxylic acids is 2. The number of hydrogen-bond acceptors (Lipinski definition) is 4. The van der Waals surface area contributed by atoms with Gasteiger partial charge in [0, 0.05) is 12.1 Å². The molecule has 0 bridgehead atoms. The van der Waals surface area contributed by atoms with Gasteiger partial charge in [0.2, 0.25) is 11.7 Å². The SMILES string of the molecule is NC(=O)C1CC2CC2N1C(=O)c1cc(C(F)(F)F)no1. The number of primary amides is 1. The van der Waals surface area contributed by atoms with Gasteiger partial charge in [-0.2, -0.15) is 13.2 Å². The molecule has 2 N–H and O–H groups in total. The number of amides is 2. The molecule has 0 aromatic carbocycles. The van der Waals surface area contributed by atoms with Crippen molar-refractivity contribution in [3.05, 3.63) is 17.5 Å². The van der Waals surface area contributed by atoms with E-state index < -0.39 is 35.5 Å². The maximum Gasteiger partial charge on any atom is 0.436 e. The van der Waals surface area contributed by atoms with Crippen molar-refractivity contribution in [2.75, 3.05) is 0 Å². The van der Waals surface area contributed by atoms with Crippen LogP contribution >= 0.6 is 0 Å². The Morgan fingerprint density at radius 3 is 2.65 bits per heavy atom. The first-order chi connectivity index (χ1) is 9.29. The largest absolute Gasteiger partial charge is 0.436 e. The number of carbonyl (C=O) groups is 2. The molecular formula is C11H10F3N3O3. The summed E-state index contributed by atoms with van der Waals surface area (Å²) in [6, 6.07) is -0.388. The van der Waals surface area contributed by atoms with E-state index in [0.29, 0.717) is 12.5 Å². The van der Waals surface area contributed by atoms with Crippen LogP contribution in [0.25, 0.3) is 0 Å². The number of nitrogens with two attached hydrogens (primary N) is 1. The molecule has 1 saturated heterocycles. The number of alkyl halides is 3. The van der Waals surface area contributed by atoms with Crippen LogP contribution in [0.5, 0.6) is 0 Å². The summed E-state index contributed by atoms with van der Waals surface area (Å²) in [5, 5.41) is 2.82. The summed E-state index contributed by atoms with van der Waals surface area (Å²) < 4.78 is 41.7. The van der Waals surface area contributed by atoms with Crippen LogP contribution in [0.3, 0.4) is 0 Å². The quantitative estimate of drug-likeness (QED) is 0.871. The fraction of sp³-hybridized carbons (Fsp3) is 0.545. The summed E-state index contributed by atoms with van der Waals surface area (Å²) >= 11 is 0. The molecule has 0 spiro atoms. The Morgan fingerprint density at radius 1 is 1.40 bits per heavy atom. The lowest BCUT2D eigenvalue weighted by atomic mass is 10.1. The second kappa shape index (κ2) is 3.97. The molecule has 2 fully saturated rings. The normalized spacial score (nSPS) is 28.4. The van der Waals surface area contributed by atoms with Crippen molar-refractivity contribution in [3.8, 4) is 0 Å². The summed E-state index contributed by atoms with van der Waals surface area (Å²) in [7, 11) is 0. The van der Waals surface area contributed by atoms with Gasteiger partial charge in [-0.05, 0) is 18.8 Å². The van der Waals surface area contributed by atoms with Crippen molar-refractivity contribution in [2.24, 2.45) is 11.7 Å². The monoisotopic (exact) mass is 289 g/mol. The van der Waals surface area contributed by atoms with E-state index in [4.69, 9.17) is 5.73 Å². The van der Waals surface area contributed by atoms with Gasteiger partial charge in [0.1, 0.15) is 6.04 Å². The van der Waals surface area contributed by atoms with E-state index in [1.807, 2.05) is 0 Å². The highest BCUT2D eigenvalue weighted by atomic mass is 19.4. The van der Waals surface area contributed by atoms with Gasteiger partial charge in [0.25, 0.3) is 5.91 Å². The molecule has 3 rings (SSSR count). The van der Waals surface area contributed by atoms with E-state index in [9.17, 15) is 22.8 Å². The number of nitrogens with zero attached hydrogens (tertiary/aromatic N) is 2. The fourth-order valence-electron chi connectivity index (χ4n) is 2.64. The lowest BCUT2D eigenvalue weighted by molar-refractivity contribution is -0.142. The number of likely N-dealkylation sites (tertiary alicyclic amines) is 1. The predicted molar refractivity (Wildman–Crippen MR) is 57.2 cm³/mol. The Bertz CT molecular complexity index is 583. The Labute approximate surface area is 110 Å². The zero-order chi connectivity index (χ0) is 14.7. The van der Waals surface area contributed by atoms with Crippen LogP contribution in [-0.4, -0.2) is 34.0 Å². The highest BCUT2D eigenvalue weighted by Crippen LogP contribution is 2.48. The van der Waals surface area contributed by atoms with Crippen LogP contribution in [0.4, 0.5) is 13.2 Å². The predicted octanol–water partition coefficient (Wildman–Crippen LogP) is 0.782. The molecule has 1 aliphatic heterocycles. The van der Waals surface area contributed by atoms with Gasteiger partial charge in [-0.3, -0.25) is 9.59 Å². The molecule has 1 aromatic rings. The number of halogens is 3. The lowest BCUT2D eigenvalue weighted by Crippen LogP contribution is -2.45. The Balaban J connectivity index is 1.85. The molecule has 2 heterocycles. The van der Waals surface area contributed by atoms with E-state index >= 15 is 0 Å². The third-order valence-electron chi connectivity index (χ3n) is 3.68. The molecule has 0 radical (unpaired) electrons. The molecule has 2 aliphatic rings. The van der Waals surface area contributed by atoms with E-state index in [1.54, 1.807) is 0 Å². The average Bonchev–Trinajstić information content (AvgIpc) is 2.80. The second-order valence-electron chi connectivity index (χ2n) is 5.00. The summed E-state index contributed by atoms with van der Waals surface area (Å²) in [4.78, 5) is 24.7. The van der Waals surface area contributed by atoms with Gasteiger partial charge < -0.3 is 15.2 Å². The minimum atomic E-state index is -4.68. The van der Waals surface area contributed by atoms with Crippen LogP contribution in [0, 0.1) is 5.92 Å². The van der Waals surface area contributed by atoms with E-state index in [1.165, 1.54) is 4.90 Å². The summed E-state index contributed by atoms with van der Waals surface area (Å²) in [6.07, 6.45) is -3.50. The molecule has 6 nitrogen and oxygen atoms in total. The van der Waals surface area contributed by atoms with Crippen LogP contribution in [0.1, 0.15) is 29.1 Å². The third-order valence-corrected chi connectivity index (χ3v) is 3.68. The third kappa shape index (κ3) is 1.93. The van der Waals surface area contributed by atoms with E-state index in [2.05, 4.69) is 9.68 Å². The van der Waals surface area contributed by atoms with Gasteiger partial charge in [-0.25, -0.2) is 0 Å². The van der Waals surface area contributed by atoms with Crippen molar-refractivity contribution in [1.82, 2.24) is 10.1 Å². The highest BCUT2D eigenvalue weighted by Gasteiger charge is 2.56. The fourth-order valence-corrected chi connectivity index (χ4v) is 2.64. The Hall–Kier alpha value is -2.06. The van der Waals surface area contributed by atoms with Crippen molar-refractivity contribution in [3.63, 3.8) is 0 Å². The van der Waals surface area contributed by atoms with Crippen LogP contribution in [-0.2, 0) is 11.0 Å². The molecular weight excluding hydrogens is 279 g/mol. The average molecular weight is 289 g/mol. The molecule has 1 saturated carbocycles. The van der Waals surface area contributed by atoms with Gasteiger partial charge in [-0.1, -0.05) is 5.16 Å². The first kappa shape index (κ1) is 12.9. The molecule has 20 heavy (non-hydrogen) atoms. The molecule has 1 aliphatic carbocycles. The summed E-state index contributed by atoms with van der Waals surface area (Å²) in [6.45, 7) is 0.